The smallest absolute Gasteiger partial charge is 0.408 e. The van der Waals surface area contributed by atoms with Gasteiger partial charge in [0.05, 0.1) is 16.1 Å². The molecule has 0 radical (unpaired) electrons. The van der Waals surface area contributed by atoms with Crippen LogP contribution in [0.5, 0.6) is 0 Å². The highest BCUT2D eigenvalue weighted by atomic mass is 32.2. The second kappa shape index (κ2) is 4.99. The standard InChI is InChI=1S/C14H11FN2O4S/c1-8-2-3-9(15)6-12(8)17-22(19,20)10-4-5-11-13(7-10)21-14(18)16-11/h2-7,17H,1H3,(H,16,18). The van der Waals surface area contributed by atoms with E-state index in [0.717, 1.165) is 6.07 Å². The lowest BCUT2D eigenvalue weighted by molar-refractivity contribution is 0.554. The number of aromatic nitrogens is 1. The zero-order chi connectivity index (χ0) is 15.9. The van der Waals surface area contributed by atoms with Crippen LogP contribution in [0, 0.1) is 12.7 Å². The van der Waals surface area contributed by atoms with Crippen molar-refractivity contribution >= 4 is 26.8 Å². The van der Waals surface area contributed by atoms with E-state index >= 15 is 0 Å². The second-order valence-electron chi connectivity index (χ2n) is 4.74. The van der Waals surface area contributed by atoms with E-state index in [1.54, 1.807) is 6.92 Å². The normalized spacial score (nSPS) is 11.7. The number of hydrogen-bond acceptors (Lipinski definition) is 4. The number of anilines is 1. The summed E-state index contributed by atoms with van der Waals surface area (Å²) in [7, 11) is -3.93. The van der Waals surface area contributed by atoms with Crippen molar-refractivity contribution in [2.24, 2.45) is 0 Å². The summed E-state index contributed by atoms with van der Waals surface area (Å²) in [5, 5.41) is 0. The molecule has 6 nitrogen and oxygen atoms in total. The maximum Gasteiger partial charge on any atom is 0.417 e. The van der Waals surface area contributed by atoms with Crippen LogP contribution in [0.4, 0.5) is 10.1 Å². The van der Waals surface area contributed by atoms with E-state index in [4.69, 9.17) is 4.42 Å². The summed E-state index contributed by atoms with van der Waals surface area (Å²) in [6.07, 6.45) is 0. The Kier molecular flexibility index (Phi) is 3.25. The van der Waals surface area contributed by atoms with Gasteiger partial charge in [-0.25, -0.2) is 17.6 Å². The molecule has 0 fully saturated rings. The molecule has 0 unspecified atom stereocenters. The average molecular weight is 322 g/mol. The third-order valence-electron chi connectivity index (χ3n) is 3.15. The van der Waals surface area contributed by atoms with Crippen molar-refractivity contribution in [3.8, 4) is 0 Å². The lowest BCUT2D eigenvalue weighted by Gasteiger charge is -2.10. The minimum absolute atomic E-state index is 0.0913. The molecular formula is C14H11FN2O4S. The fraction of sp³-hybridized carbons (Fsp3) is 0.0714. The molecule has 2 N–H and O–H groups in total. The predicted octanol–water partition coefficient (Wildman–Crippen LogP) is 2.37. The first-order chi connectivity index (χ1) is 10.3. The molecule has 1 aromatic heterocycles. The highest BCUT2D eigenvalue weighted by molar-refractivity contribution is 7.92. The Morgan fingerprint density at radius 1 is 1.18 bits per heavy atom. The monoisotopic (exact) mass is 322 g/mol. The number of halogens is 1. The largest absolute Gasteiger partial charge is 0.417 e. The van der Waals surface area contributed by atoms with Crippen LogP contribution >= 0.6 is 0 Å². The van der Waals surface area contributed by atoms with Gasteiger partial charge >= 0.3 is 5.76 Å². The molecule has 0 aliphatic rings. The van der Waals surface area contributed by atoms with E-state index in [1.165, 1.54) is 30.3 Å². The number of aryl methyl sites for hydroxylation is 1. The summed E-state index contributed by atoms with van der Waals surface area (Å²) in [5.41, 5.74) is 1.25. The summed E-state index contributed by atoms with van der Waals surface area (Å²) in [6, 6.07) is 7.79. The fourth-order valence-electron chi connectivity index (χ4n) is 2.00. The first kappa shape index (κ1) is 14.3. The van der Waals surface area contributed by atoms with E-state index < -0.39 is 21.6 Å². The Morgan fingerprint density at radius 3 is 2.73 bits per heavy atom. The molecule has 0 amide bonds. The van der Waals surface area contributed by atoms with Crippen LogP contribution in [0.3, 0.4) is 0 Å². The molecule has 0 saturated heterocycles. The molecule has 22 heavy (non-hydrogen) atoms. The summed E-state index contributed by atoms with van der Waals surface area (Å²) in [4.78, 5) is 13.4. The second-order valence-corrected chi connectivity index (χ2v) is 6.42. The molecule has 3 aromatic rings. The average Bonchev–Trinajstić information content (AvgIpc) is 2.81. The number of rotatable bonds is 3. The van der Waals surface area contributed by atoms with Crippen LogP contribution in [-0.4, -0.2) is 13.4 Å². The highest BCUT2D eigenvalue weighted by Gasteiger charge is 2.17. The van der Waals surface area contributed by atoms with Gasteiger partial charge in [-0.2, -0.15) is 0 Å². The summed E-state index contributed by atoms with van der Waals surface area (Å²) < 4.78 is 45.1. The van der Waals surface area contributed by atoms with Gasteiger partial charge in [-0.1, -0.05) is 6.07 Å². The van der Waals surface area contributed by atoms with Crippen molar-refractivity contribution in [2.75, 3.05) is 4.72 Å². The topological polar surface area (TPSA) is 92.2 Å². The minimum Gasteiger partial charge on any atom is -0.408 e. The molecule has 0 aliphatic heterocycles. The zero-order valence-corrected chi connectivity index (χ0v) is 12.2. The maximum absolute atomic E-state index is 13.2. The number of oxazole rings is 1. The Morgan fingerprint density at radius 2 is 1.95 bits per heavy atom. The van der Waals surface area contributed by atoms with Gasteiger partial charge in [0.2, 0.25) is 0 Å². The van der Waals surface area contributed by atoms with Crippen molar-refractivity contribution in [1.29, 1.82) is 0 Å². The van der Waals surface area contributed by atoms with Crippen LogP contribution in [0.2, 0.25) is 0 Å². The summed E-state index contributed by atoms with van der Waals surface area (Å²) >= 11 is 0. The first-order valence-corrected chi connectivity index (χ1v) is 7.75. The van der Waals surface area contributed by atoms with Crippen molar-refractivity contribution in [1.82, 2.24) is 4.98 Å². The van der Waals surface area contributed by atoms with Crippen LogP contribution in [0.25, 0.3) is 11.1 Å². The summed E-state index contributed by atoms with van der Waals surface area (Å²) in [5.74, 6) is -1.21. The molecule has 0 saturated carbocycles. The molecule has 0 bridgehead atoms. The molecule has 2 aromatic carbocycles. The van der Waals surface area contributed by atoms with E-state index in [0.29, 0.717) is 11.1 Å². The Hall–Kier alpha value is -2.61. The number of nitrogens with one attached hydrogen (secondary N) is 2. The molecule has 8 heteroatoms. The number of sulfonamides is 1. The molecule has 0 aliphatic carbocycles. The van der Waals surface area contributed by atoms with Crippen molar-refractivity contribution < 1.29 is 17.2 Å². The Balaban J connectivity index is 2.03. The van der Waals surface area contributed by atoms with Gasteiger partial charge in [-0.05, 0) is 36.8 Å². The van der Waals surface area contributed by atoms with Gasteiger partial charge < -0.3 is 4.42 Å². The highest BCUT2D eigenvalue weighted by Crippen LogP contribution is 2.22. The third-order valence-corrected chi connectivity index (χ3v) is 4.51. The van der Waals surface area contributed by atoms with E-state index in [9.17, 15) is 17.6 Å². The fourth-order valence-corrected chi connectivity index (χ4v) is 3.14. The van der Waals surface area contributed by atoms with Gasteiger partial charge in [0.15, 0.2) is 5.58 Å². The first-order valence-electron chi connectivity index (χ1n) is 6.27. The molecule has 114 valence electrons. The van der Waals surface area contributed by atoms with E-state index in [1.807, 2.05) is 0 Å². The van der Waals surface area contributed by atoms with Crippen LogP contribution in [0.15, 0.2) is 50.5 Å². The number of fused-ring (bicyclic) bond motifs is 1. The molecule has 0 atom stereocenters. The van der Waals surface area contributed by atoms with Gasteiger partial charge in [0, 0.05) is 6.07 Å². The number of benzene rings is 2. The van der Waals surface area contributed by atoms with Gasteiger partial charge in [0.25, 0.3) is 10.0 Å². The molecule has 0 spiro atoms. The number of H-pyrrole nitrogens is 1. The van der Waals surface area contributed by atoms with Gasteiger partial charge in [-0.3, -0.25) is 9.71 Å². The Labute approximate surface area is 124 Å². The molecular weight excluding hydrogens is 311 g/mol. The van der Waals surface area contributed by atoms with Crippen LogP contribution in [-0.2, 0) is 10.0 Å². The van der Waals surface area contributed by atoms with E-state index in [-0.39, 0.29) is 16.2 Å². The van der Waals surface area contributed by atoms with Gasteiger partial charge in [-0.15, -0.1) is 0 Å². The van der Waals surface area contributed by atoms with Crippen LogP contribution in [0.1, 0.15) is 5.56 Å². The molecule has 3 rings (SSSR count). The Bertz CT molecular complexity index is 1020. The predicted molar refractivity (Wildman–Crippen MR) is 78.8 cm³/mol. The lowest BCUT2D eigenvalue weighted by Crippen LogP contribution is -2.13. The van der Waals surface area contributed by atoms with Gasteiger partial charge in [0.1, 0.15) is 5.82 Å². The zero-order valence-electron chi connectivity index (χ0n) is 11.4. The van der Waals surface area contributed by atoms with E-state index in [2.05, 4.69) is 9.71 Å². The maximum atomic E-state index is 13.2. The minimum atomic E-state index is -3.93. The number of hydrogen-bond donors (Lipinski definition) is 2. The SMILES string of the molecule is Cc1ccc(F)cc1NS(=O)(=O)c1ccc2[nH]c(=O)oc2c1. The van der Waals surface area contributed by atoms with Crippen molar-refractivity contribution in [2.45, 2.75) is 11.8 Å². The quantitative estimate of drug-likeness (QED) is 0.774. The molecule has 1 heterocycles. The van der Waals surface area contributed by atoms with Crippen LogP contribution < -0.4 is 10.5 Å². The van der Waals surface area contributed by atoms with Crippen molar-refractivity contribution in [3.63, 3.8) is 0 Å². The lowest BCUT2D eigenvalue weighted by atomic mass is 10.2. The number of aromatic amines is 1. The van der Waals surface area contributed by atoms with Crippen molar-refractivity contribution in [3.05, 3.63) is 58.3 Å². The summed E-state index contributed by atoms with van der Waals surface area (Å²) in [6.45, 7) is 1.66. The third kappa shape index (κ3) is 2.60.